The molecule has 17 heavy (non-hydrogen) atoms. The van der Waals surface area contributed by atoms with Crippen LogP contribution in [0, 0.1) is 6.92 Å². The van der Waals surface area contributed by atoms with Crippen molar-refractivity contribution < 1.29 is 9.90 Å². The van der Waals surface area contributed by atoms with Gasteiger partial charge in [0, 0.05) is 0 Å². The smallest absolute Gasteiger partial charge is 0.339 e. The number of hydrogen-bond acceptors (Lipinski definition) is 2. The third kappa shape index (κ3) is 2.06. The lowest BCUT2D eigenvalue weighted by atomic mass is 10.1. The monoisotopic (exact) mass is 230 g/mol. The Morgan fingerprint density at radius 3 is 2.47 bits per heavy atom. The SMILES string of the molecule is CCc1ccc(-n2ncc(C(=O)O)c2C)cc1. The Hall–Kier alpha value is -2.10. The van der Waals surface area contributed by atoms with Crippen LogP contribution in [-0.4, -0.2) is 20.9 Å². The quantitative estimate of drug-likeness (QED) is 0.881. The Balaban J connectivity index is 2.42. The van der Waals surface area contributed by atoms with Crippen molar-refractivity contribution in [1.82, 2.24) is 9.78 Å². The molecule has 0 spiro atoms. The fourth-order valence-corrected chi connectivity index (χ4v) is 1.75. The van der Waals surface area contributed by atoms with Gasteiger partial charge < -0.3 is 5.11 Å². The summed E-state index contributed by atoms with van der Waals surface area (Å²) in [6, 6.07) is 7.95. The number of carbonyl (C=O) groups is 1. The summed E-state index contributed by atoms with van der Waals surface area (Å²) >= 11 is 0. The first-order valence-corrected chi connectivity index (χ1v) is 5.50. The molecule has 1 heterocycles. The lowest BCUT2D eigenvalue weighted by Gasteiger charge is -2.05. The number of carboxylic acid groups (broad SMARTS) is 1. The molecule has 4 nitrogen and oxygen atoms in total. The van der Waals surface area contributed by atoms with Gasteiger partial charge in [0.1, 0.15) is 5.56 Å². The third-order valence-electron chi connectivity index (χ3n) is 2.83. The maximum absolute atomic E-state index is 10.9. The average molecular weight is 230 g/mol. The number of carboxylic acids is 1. The minimum Gasteiger partial charge on any atom is -0.478 e. The zero-order chi connectivity index (χ0) is 12.4. The number of rotatable bonds is 3. The number of aryl methyl sites for hydroxylation is 1. The second-order valence-corrected chi connectivity index (χ2v) is 3.88. The molecule has 0 amide bonds. The van der Waals surface area contributed by atoms with Gasteiger partial charge in [0.25, 0.3) is 0 Å². The molecule has 0 saturated carbocycles. The Labute approximate surface area is 99.5 Å². The first-order valence-electron chi connectivity index (χ1n) is 5.50. The summed E-state index contributed by atoms with van der Waals surface area (Å²) in [5.41, 5.74) is 3.01. The van der Waals surface area contributed by atoms with E-state index in [1.54, 1.807) is 11.6 Å². The molecule has 4 heteroatoms. The predicted molar refractivity (Wildman–Crippen MR) is 64.6 cm³/mol. The standard InChI is InChI=1S/C13H14N2O2/c1-3-10-4-6-11(7-5-10)15-9(2)12(8-14-15)13(16)17/h4-8H,3H2,1-2H3,(H,16,17). The van der Waals surface area contributed by atoms with Crippen LogP contribution in [-0.2, 0) is 6.42 Å². The number of benzene rings is 1. The Kier molecular flexibility index (Phi) is 2.95. The number of hydrogen-bond donors (Lipinski definition) is 1. The van der Waals surface area contributed by atoms with Gasteiger partial charge in [-0.3, -0.25) is 0 Å². The van der Waals surface area contributed by atoms with E-state index in [4.69, 9.17) is 5.11 Å². The lowest BCUT2D eigenvalue weighted by Crippen LogP contribution is -2.02. The van der Waals surface area contributed by atoms with Crippen molar-refractivity contribution in [2.24, 2.45) is 0 Å². The molecule has 88 valence electrons. The molecule has 0 radical (unpaired) electrons. The van der Waals surface area contributed by atoms with E-state index < -0.39 is 5.97 Å². The molecule has 0 saturated heterocycles. The summed E-state index contributed by atoms with van der Waals surface area (Å²) in [6.45, 7) is 3.85. The fraction of sp³-hybridized carbons (Fsp3) is 0.231. The highest BCUT2D eigenvalue weighted by Crippen LogP contribution is 2.15. The molecule has 0 bridgehead atoms. The van der Waals surface area contributed by atoms with E-state index >= 15 is 0 Å². The molecular formula is C13H14N2O2. The van der Waals surface area contributed by atoms with E-state index in [-0.39, 0.29) is 5.56 Å². The van der Waals surface area contributed by atoms with E-state index in [0.29, 0.717) is 5.69 Å². The molecule has 2 aromatic rings. The van der Waals surface area contributed by atoms with E-state index in [2.05, 4.69) is 12.0 Å². The van der Waals surface area contributed by atoms with Gasteiger partial charge in [-0.05, 0) is 31.0 Å². The third-order valence-corrected chi connectivity index (χ3v) is 2.83. The highest BCUT2D eigenvalue weighted by atomic mass is 16.4. The highest BCUT2D eigenvalue weighted by molar-refractivity contribution is 5.88. The van der Waals surface area contributed by atoms with Gasteiger partial charge in [0.2, 0.25) is 0 Å². The van der Waals surface area contributed by atoms with Crippen molar-refractivity contribution >= 4 is 5.97 Å². The van der Waals surface area contributed by atoms with Crippen LogP contribution in [0.2, 0.25) is 0 Å². The van der Waals surface area contributed by atoms with Gasteiger partial charge in [-0.2, -0.15) is 5.10 Å². The normalized spacial score (nSPS) is 10.5. The summed E-state index contributed by atoms with van der Waals surface area (Å²) in [4.78, 5) is 10.9. The van der Waals surface area contributed by atoms with E-state index in [1.807, 2.05) is 24.3 Å². The second kappa shape index (κ2) is 4.41. The average Bonchev–Trinajstić information content (AvgIpc) is 2.71. The topological polar surface area (TPSA) is 55.1 Å². The number of nitrogens with zero attached hydrogens (tertiary/aromatic N) is 2. The van der Waals surface area contributed by atoms with Crippen LogP contribution < -0.4 is 0 Å². The van der Waals surface area contributed by atoms with Crippen LogP contribution in [0.25, 0.3) is 5.69 Å². The van der Waals surface area contributed by atoms with Crippen LogP contribution in [0.15, 0.2) is 30.5 Å². The summed E-state index contributed by atoms with van der Waals surface area (Å²) in [6.07, 6.45) is 2.37. The van der Waals surface area contributed by atoms with Gasteiger partial charge in [-0.25, -0.2) is 9.48 Å². The molecule has 0 aliphatic rings. The van der Waals surface area contributed by atoms with Crippen molar-refractivity contribution in [2.75, 3.05) is 0 Å². The number of aromatic carboxylic acids is 1. The minimum absolute atomic E-state index is 0.240. The maximum atomic E-state index is 10.9. The largest absolute Gasteiger partial charge is 0.478 e. The minimum atomic E-state index is -0.945. The summed E-state index contributed by atoms with van der Waals surface area (Å²) < 4.78 is 1.64. The molecular weight excluding hydrogens is 216 g/mol. The summed E-state index contributed by atoms with van der Waals surface area (Å²) in [5.74, 6) is -0.945. The molecule has 1 aromatic carbocycles. The van der Waals surface area contributed by atoms with Crippen molar-refractivity contribution in [2.45, 2.75) is 20.3 Å². The Bertz CT molecular complexity index is 541. The highest BCUT2D eigenvalue weighted by Gasteiger charge is 2.13. The molecule has 0 unspecified atom stereocenters. The van der Waals surface area contributed by atoms with Gasteiger partial charge in [-0.1, -0.05) is 19.1 Å². The zero-order valence-electron chi connectivity index (χ0n) is 9.84. The van der Waals surface area contributed by atoms with Crippen LogP contribution in [0.3, 0.4) is 0 Å². The van der Waals surface area contributed by atoms with Crippen molar-refractivity contribution in [3.05, 3.63) is 47.3 Å². The van der Waals surface area contributed by atoms with Crippen LogP contribution in [0.4, 0.5) is 0 Å². The van der Waals surface area contributed by atoms with Gasteiger partial charge in [0.05, 0.1) is 17.6 Å². The molecule has 2 rings (SSSR count). The summed E-state index contributed by atoms with van der Waals surface area (Å²) in [7, 11) is 0. The predicted octanol–water partition coefficient (Wildman–Crippen LogP) is 2.44. The van der Waals surface area contributed by atoms with Gasteiger partial charge in [-0.15, -0.1) is 0 Å². The number of aromatic nitrogens is 2. The van der Waals surface area contributed by atoms with Crippen molar-refractivity contribution in [1.29, 1.82) is 0 Å². The lowest BCUT2D eigenvalue weighted by molar-refractivity contribution is 0.0696. The molecule has 1 aromatic heterocycles. The van der Waals surface area contributed by atoms with E-state index in [9.17, 15) is 4.79 Å². The molecule has 0 fully saturated rings. The van der Waals surface area contributed by atoms with Crippen LogP contribution >= 0.6 is 0 Å². The van der Waals surface area contributed by atoms with Gasteiger partial charge >= 0.3 is 5.97 Å². The Morgan fingerprint density at radius 1 is 1.35 bits per heavy atom. The summed E-state index contributed by atoms with van der Waals surface area (Å²) in [5, 5.41) is 13.1. The molecule has 0 aliphatic heterocycles. The van der Waals surface area contributed by atoms with Crippen molar-refractivity contribution in [3.63, 3.8) is 0 Å². The van der Waals surface area contributed by atoms with E-state index in [0.717, 1.165) is 12.1 Å². The van der Waals surface area contributed by atoms with E-state index in [1.165, 1.54) is 11.8 Å². The molecule has 0 aliphatic carbocycles. The maximum Gasteiger partial charge on any atom is 0.339 e. The zero-order valence-corrected chi connectivity index (χ0v) is 9.84. The first kappa shape index (κ1) is 11.4. The van der Waals surface area contributed by atoms with Crippen LogP contribution in [0.5, 0.6) is 0 Å². The Morgan fingerprint density at radius 2 is 2.00 bits per heavy atom. The van der Waals surface area contributed by atoms with Crippen LogP contribution in [0.1, 0.15) is 28.5 Å². The second-order valence-electron chi connectivity index (χ2n) is 3.88. The molecule has 0 atom stereocenters. The van der Waals surface area contributed by atoms with Gasteiger partial charge in [0.15, 0.2) is 0 Å². The fourth-order valence-electron chi connectivity index (χ4n) is 1.75. The molecule has 1 N–H and O–H groups in total. The van der Waals surface area contributed by atoms with Crippen molar-refractivity contribution in [3.8, 4) is 5.69 Å². The first-order chi connectivity index (χ1) is 8.13.